The van der Waals surface area contributed by atoms with Gasteiger partial charge in [-0.15, -0.1) is 0 Å². The Bertz CT molecular complexity index is 1330. The quantitative estimate of drug-likeness (QED) is 0.365. The maximum Gasteiger partial charge on any atom is 0.414 e. The van der Waals surface area contributed by atoms with Gasteiger partial charge in [-0.2, -0.15) is 0 Å². The molecule has 5 rings (SSSR count). The summed E-state index contributed by atoms with van der Waals surface area (Å²) in [5, 5.41) is 11.3. The molecule has 5 nitrogen and oxygen atoms in total. The van der Waals surface area contributed by atoms with E-state index in [0.29, 0.717) is 5.69 Å². The highest BCUT2D eigenvalue weighted by Gasteiger charge is 2.31. The van der Waals surface area contributed by atoms with E-state index in [4.69, 9.17) is 4.74 Å². The standard InChI is InChI=1S/C29H25NO4/c1-19(17-28(31)32)30(27-16-8-10-20-9-2-3-11-21(20)27)29(33)34-18-26-24-14-6-4-12-22(24)23-13-5-7-15-25(23)26/h2-16,19,26H,17-18H2,1H3,(H,31,32)/t19-/m0/s1. The zero-order chi connectivity index (χ0) is 23.7. The second kappa shape index (κ2) is 9.02. The molecule has 0 radical (unpaired) electrons. The molecule has 0 aliphatic heterocycles. The molecule has 0 unspecified atom stereocenters. The molecular formula is C29H25NO4. The van der Waals surface area contributed by atoms with Crippen LogP contribution in [0.25, 0.3) is 21.9 Å². The first-order valence-corrected chi connectivity index (χ1v) is 11.4. The first kappa shape index (κ1) is 21.7. The molecule has 1 N–H and O–H groups in total. The van der Waals surface area contributed by atoms with Gasteiger partial charge in [0.15, 0.2) is 0 Å². The maximum atomic E-state index is 13.5. The van der Waals surface area contributed by atoms with E-state index in [9.17, 15) is 14.7 Å². The minimum Gasteiger partial charge on any atom is -0.481 e. The maximum absolute atomic E-state index is 13.5. The molecule has 34 heavy (non-hydrogen) atoms. The summed E-state index contributed by atoms with van der Waals surface area (Å²) in [4.78, 5) is 26.5. The fraction of sp³-hybridized carbons (Fsp3) is 0.172. The number of carboxylic acid groups (broad SMARTS) is 1. The van der Waals surface area contributed by atoms with Gasteiger partial charge in [0, 0.05) is 17.3 Å². The number of ether oxygens (including phenoxy) is 1. The van der Waals surface area contributed by atoms with E-state index in [2.05, 4.69) is 24.3 Å². The summed E-state index contributed by atoms with van der Waals surface area (Å²) in [6.07, 6.45) is -0.736. The predicted molar refractivity (Wildman–Crippen MR) is 133 cm³/mol. The van der Waals surface area contributed by atoms with Crippen LogP contribution < -0.4 is 4.90 Å². The molecule has 0 fully saturated rings. The highest BCUT2D eigenvalue weighted by Crippen LogP contribution is 2.44. The average Bonchev–Trinajstić information content (AvgIpc) is 3.16. The van der Waals surface area contributed by atoms with Gasteiger partial charge < -0.3 is 9.84 Å². The van der Waals surface area contributed by atoms with Crippen molar-refractivity contribution in [3.05, 3.63) is 102 Å². The van der Waals surface area contributed by atoms with Gasteiger partial charge in [0.25, 0.3) is 0 Å². The minimum absolute atomic E-state index is 0.0690. The van der Waals surface area contributed by atoms with Gasteiger partial charge in [0.1, 0.15) is 6.61 Å². The molecule has 4 aromatic carbocycles. The van der Waals surface area contributed by atoms with Crippen LogP contribution in [0.5, 0.6) is 0 Å². The second-order valence-electron chi connectivity index (χ2n) is 8.62. The molecular weight excluding hydrogens is 426 g/mol. The number of hydrogen-bond donors (Lipinski definition) is 1. The number of carbonyl (C=O) groups is 2. The molecule has 4 aromatic rings. The Balaban J connectivity index is 1.47. The molecule has 5 heteroatoms. The average molecular weight is 452 g/mol. The SMILES string of the molecule is C[C@@H](CC(=O)O)N(C(=O)OCC1c2ccccc2-c2ccccc21)c1cccc2ccccc12. The van der Waals surface area contributed by atoms with Crippen molar-refractivity contribution in [2.24, 2.45) is 0 Å². The molecule has 0 spiro atoms. The van der Waals surface area contributed by atoms with E-state index >= 15 is 0 Å². The van der Waals surface area contributed by atoms with Crippen LogP contribution in [0.1, 0.15) is 30.4 Å². The molecule has 0 saturated carbocycles. The molecule has 0 saturated heterocycles. The summed E-state index contributed by atoms with van der Waals surface area (Å²) in [5.74, 6) is -1.04. The number of nitrogens with zero attached hydrogens (tertiary/aromatic N) is 1. The molecule has 170 valence electrons. The van der Waals surface area contributed by atoms with E-state index in [-0.39, 0.29) is 18.9 Å². The first-order valence-electron chi connectivity index (χ1n) is 11.4. The Morgan fingerprint density at radius 3 is 2.12 bits per heavy atom. The monoisotopic (exact) mass is 451 g/mol. The van der Waals surface area contributed by atoms with Crippen LogP contribution in [0.3, 0.4) is 0 Å². The van der Waals surface area contributed by atoms with Crippen LogP contribution >= 0.6 is 0 Å². The van der Waals surface area contributed by atoms with Crippen LogP contribution in [-0.4, -0.2) is 29.8 Å². The van der Waals surface area contributed by atoms with Crippen LogP contribution in [-0.2, 0) is 9.53 Å². The lowest BCUT2D eigenvalue weighted by Gasteiger charge is -2.29. The third-order valence-corrected chi connectivity index (χ3v) is 6.47. The first-order chi connectivity index (χ1) is 16.5. The number of hydrogen-bond acceptors (Lipinski definition) is 3. The number of carboxylic acids is 1. The fourth-order valence-corrected chi connectivity index (χ4v) is 4.94. The number of carbonyl (C=O) groups excluding carboxylic acids is 1. The summed E-state index contributed by atoms with van der Waals surface area (Å²) in [6.45, 7) is 1.91. The largest absolute Gasteiger partial charge is 0.481 e. The van der Waals surface area contributed by atoms with Gasteiger partial charge in [0.05, 0.1) is 12.1 Å². The molecule has 1 aliphatic carbocycles. The number of anilines is 1. The van der Waals surface area contributed by atoms with Crippen LogP contribution in [0.15, 0.2) is 91.0 Å². The second-order valence-corrected chi connectivity index (χ2v) is 8.62. The van der Waals surface area contributed by atoms with Gasteiger partial charge in [-0.1, -0.05) is 84.9 Å². The smallest absolute Gasteiger partial charge is 0.414 e. The van der Waals surface area contributed by atoms with Gasteiger partial charge >= 0.3 is 12.1 Å². The zero-order valence-electron chi connectivity index (χ0n) is 18.8. The fourth-order valence-electron chi connectivity index (χ4n) is 4.94. The highest BCUT2D eigenvalue weighted by atomic mass is 16.6. The number of amides is 1. The molecule has 0 aromatic heterocycles. The van der Waals surface area contributed by atoms with Crippen molar-refractivity contribution in [1.29, 1.82) is 0 Å². The van der Waals surface area contributed by atoms with Gasteiger partial charge in [-0.25, -0.2) is 4.79 Å². The van der Waals surface area contributed by atoms with E-state index in [0.717, 1.165) is 33.0 Å². The van der Waals surface area contributed by atoms with E-state index in [1.165, 1.54) is 4.90 Å². The summed E-state index contributed by atoms with van der Waals surface area (Å²) in [7, 11) is 0. The Morgan fingerprint density at radius 2 is 1.44 bits per heavy atom. The molecule has 1 amide bonds. The number of fused-ring (bicyclic) bond motifs is 4. The van der Waals surface area contributed by atoms with Crippen molar-refractivity contribution in [1.82, 2.24) is 0 Å². The summed E-state index contributed by atoms with van der Waals surface area (Å²) >= 11 is 0. The van der Waals surface area contributed by atoms with Crippen molar-refractivity contribution in [3.8, 4) is 11.1 Å². The third kappa shape index (κ3) is 3.90. The highest BCUT2D eigenvalue weighted by molar-refractivity contribution is 6.02. The van der Waals surface area contributed by atoms with Crippen LogP contribution in [0, 0.1) is 0 Å². The Morgan fingerprint density at radius 1 is 0.853 bits per heavy atom. The third-order valence-electron chi connectivity index (χ3n) is 6.47. The van der Waals surface area contributed by atoms with Gasteiger partial charge in [-0.3, -0.25) is 9.69 Å². The van der Waals surface area contributed by atoms with Crippen molar-refractivity contribution < 1.29 is 19.4 Å². The predicted octanol–water partition coefficient (Wildman–Crippen LogP) is 6.46. The topological polar surface area (TPSA) is 66.8 Å². The number of benzene rings is 4. The number of aliphatic carboxylic acids is 1. The lowest BCUT2D eigenvalue weighted by atomic mass is 9.98. The van der Waals surface area contributed by atoms with Crippen LogP contribution in [0.2, 0.25) is 0 Å². The summed E-state index contributed by atoms with van der Waals surface area (Å²) in [6, 6.07) is 29.2. The van der Waals surface area contributed by atoms with E-state index < -0.39 is 18.1 Å². The van der Waals surface area contributed by atoms with E-state index in [1.807, 2.05) is 66.7 Å². The summed E-state index contributed by atoms with van der Waals surface area (Å²) in [5.41, 5.74) is 5.22. The molecule has 1 aliphatic rings. The Hall–Kier alpha value is -4.12. The zero-order valence-corrected chi connectivity index (χ0v) is 18.8. The van der Waals surface area contributed by atoms with Crippen molar-refractivity contribution in [2.45, 2.75) is 25.3 Å². The van der Waals surface area contributed by atoms with Crippen LogP contribution in [0.4, 0.5) is 10.5 Å². The van der Waals surface area contributed by atoms with Crippen molar-refractivity contribution in [3.63, 3.8) is 0 Å². The lowest BCUT2D eigenvalue weighted by molar-refractivity contribution is -0.137. The lowest BCUT2D eigenvalue weighted by Crippen LogP contribution is -2.41. The number of rotatable bonds is 6. The van der Waals surface area contributed by atoms with Gasteiger partial charge in [-0.05, 0) is 40.6 Å². The molecule has 1 atom stereocenters. The Labute approximate surface area is 198 Å². The van der Waals surface area contributed by atoms with Gasteiger partial charge in [0.2, 0.25) is 0 Å². The van der Waals surface area contributed by atoms with Crippen molar-refractivity contribution >= 4 is 28.5 Å². The normalized spacial score (nSPS) is 13.2. The Kier molecular flexibility index (Phi) is 5.76. The molecule has 0 heterocycles. The molecule has 0 bridgehead atoms. The van der Waals surface area contributed by atoms with E-state index in [1.54, 1.807) is 6.92 Å². The summed E-state index contributed by atoms with van der Waals surface area (Å²) < 4.78 is 5.90. The van der Waals surface area contributed by atoms with Crippen molar-refractivity contribution in [2.75, 3.05) is 11.5 Å². The minimum atomic E-state index is -0.968.